The molecule has 0 aromatic carbocycles. The fraction of sp³-hybridized carbons (Fsp3) is 0.828. The standard InChI is InChI=1S/C58H107NO5/c1-4-7-10-13-16-19-22-24-26-28-30-32-35-37-40-43-46-49-54(64-58(63)51-48-45-42-39-34-21-18-15-12-9-6-3)52-57(62)59-55(53-60)56(61)50-47-44-41-38-36-33-31-29-27-25-23-20-17-14-11-8-5-2/h15-16,18-19,24,26,30,32,54-56,60-61H,4-14,17,20-23,25,27-29,31,33-53H2,1-3H3,(H,59,62)/b18-15-,19-16-,26-24-,32-30-. The van der Waals surface area contributed by atoms with Gasteiger partial charge >= 0.3 is 5.97 Å². The van der Waals surface area contributed by atoms with Crippen LogP contribution >= 0.6 is 0 Å². The van der Waals surface area contributed by atoms with E-state index in [9.17, 15) is 19.8 Å². The molecule has 0 aliphatic carbocycles. The van der Waals surface area contributed by atoms with E-state index in [1.807, 2.05) is 0 Å². The first-order valence-electron chi connectivity index (χ1n) is 27.9. The van der Waals surface area contributed by atoms with E-state index in [0.29, 0.717) is 19.3 Å². The molecule has 0 saturated carbocycles. The van der Waals surface area contributed by atoms with Crippen LogP contribution in [-0.2, 0) is 14.3 Å². The zero-order valence-electron chi connectivity index (χ0n) is 42.7. The number of rotatable bonds is 50. The van der Waals surface area contributed by atoms with Gasteiger partial charge in [0.2, 0.25) is 5.91 Å². The Kier molecular flexibility index (Phi) is 50.0. The van der Waals surface area contributed by atoms with E-state index in [1.54, 1.807) is 0 Å². The van der Waals surface area contributed by atoms with Crippen molar-refractivity contribution in [3.63, 3.8) is 0 Å². The van der Waals surface area contributed by atoms with Crippen molar-refractivity contribution in [2.45, 2.75) is 302 Å². The molecule has 0 aromatic rings. The van der Waals surface area contributed by atoms with Gasteiger partial charge in [0.1, 0.15) is 6.10 Å². The molecule has 6 nitrogen and oxygen atoms in total. The maximum Gasteiger partial charge on any atom is 0.306 e. The maximum atomic E-state index is 13.2. The third-order valence-electron chi connectivity index (χ3n) is 12.6. The molecule has 0 aliphatic heterocycles. The summed E-state index contributed by atoms with van der Waals surface area (Å²) >= 11 is 0. The van der Waals surface area contributed by atoms with Gasteiger partial charge in [-0.1, -0.05) is 236 Å². The Morgan fingerprint density at radius 3 is 1.30 bits per heavy atom. The summed E-state index contributed by atoms with van der Waals surface area (Å²) < 4.78 is 5.93. The number of carbonyl (C=O) groups is 2. The summed E-state index contributed by atoms with van der Waals surface area (Å²) in [6.07, 6.45) is 63.1. The van der Waals surface area contributed by atoms with Gasteiger partial charge in [0.25, 0.3) is 0 Å². The second kappa shape index (κ2) is 51.8. The number of aliphatic hydroxyl groups excluding tert-OH is 2. The Labute approximate surface area is 397 Å². The number of hydrogen-bond acceptors (Lipinski definition) is 5. The first-order chi connectivity index (χ1) is 31.5. The van der Waals surface area contributed by atoms with Crippen LogP contribution in [0.3, 0.4) is 0 Å². The number of esters is 1. The number of carbonyl (C=O) groups excluding carboxylic acids is 2. The first-order valence-corrected chi connectivity index (χ1v) is 27.9. The van der Waals surface area contributed by atoms with E-state index in [0.717, 1.165) is 89.9 Å². The minimum absolute atomic E-state index is 0.0603. The van der Waals surface area contributed by atoms with Crippen molar-refractivity contribution in [1.82, 2.24) is 5.32 Å². The van der Waals surface area contributed by atoms with E-state index < -0.39 is 18.2 Å². The molecule has 0 bridgehead atoms. The summed E-state index contributed by atoms with van der Waals surface area (Å²) in [5, 5.41) is 23.9. The van der Waals surface area contributed by atoms with Crippen LogP contribution in [0.1, 0.15) is 284 Å². The molecule has 374 valence electrons. The second-order valence-corrected chi connectivity index (χ2v) is 19.0. The molecular weight excluding hydrogens is 791 g/mol. The molecule has 0 saturated heterocycles. The molecular formula is C58H107NO5. The predicted octanol–water partition coefficient (Wildman–Crippen LogP) is 17.0. The fourth-order valence-electron chi connectivity index (χ4n) is 8.36. The van der Waals surface area contributed by atoms with Crippen molar-refractivity contribution in [3.05, 3.63) is 48.6 Å². The minimum atomic E-state index is -0.796. The van der Waals surface area contributed by atoms with Gasteiger partial charge in [-0.3, -0.25) is 9.59 Å². The lowest BCUT2D eigenvalue weighted by molar-refractivity contribution is -0.151. The van der Waals surface area contributed by atoms with Gasteiger partial charge in [-0.2, -0.15) is 0 Å². The summed E-state index contributed by atoms with van der Waals surface area (Å²) in [5.74, 6) is -0.499. The molecule has 1 amide bonds. The highest BCUT2D eigenvalue weighted by Gasteiger charge is 2.24. The van der Waals surface area contributed by atoms with E-state index in [4.69, 9.17) is 4.74 Å². The normalized spacial score (nSPS) is 13.5. The Bertz CT molecular complexity index is 1100. The van der Waals surface area contributed by atoms with E-state index in [1.165, 1.54) is 148 Å². The number of amides is 1. The molecule has 64 heavy (non-hydrogen) atoms. The van der Waals surface area contributed by atoms with Crippen LogP contribution in [-0.4, -0.2) is 46.9 Å². The molecule has 0 fully saturated rings. The van der Waals surface area contributed by atoms with E-state index in [-0.39, 0.29) is 24.9 Å². The van der Waals surface area contributed by atoms with Crippen LogP contribution in [0.15, 0.2) is 48.6 Å². The second-order valence-electron chi connectivity index (χ2n) is 19.0. The quantitative estimate of drug-likeness (QED) is 0.0321. The summed E-state index contributed by atoms with van der Waals surface area (Å²) in [6, 6.07) is -0.711. The molecule has 6 heteroatoms. The van der Waals surface area contributed by atoms with Crippen molar-refractivity contribution < 1.29 is 24.5 Å². The highest BCUT2D eigenvalue weighted by molar-refractivity contribution is 5.77. The van der Waals surface area contributed by atoms with Gasteiger partial charge < -0.3 is 20.3 Å². The molecule has 0 aliphatic rings. The third kappa shape index (κ3) is 46.4. The van der Waals surface area contributed by atoms with Crippen molar-refractivity contribution >= 4 is 11.9 Å². The molecule has 3 unspecified atom stereocenters. The van der Waals surface area contributed by atoms with Crippen molar-refractivity contribution in [2.24, 2.45) is 0 Å². The fourth-order valence-corrected chi connectivity index (χ4v) is 8.36. The first kappa shape index (κ1) is 61.8. The topological polar surface area (TPSA) is 95.9 Å². The highest BCUT2D eigenvalue weighted by Crippen LogP contribution is 2.18. The summed E-state index contributed by atoms with van der Waals surface area (Å²) in [7, 11) is 0. The number of unbranched alkanes of at least 4 members (excludes halogenated alkanes) is 30. The van der Waals surface area contributed by atoms with Gasteiger partial charge in [-0.15, -0.1) is 0 Å². The van der Waals surface area contributed by atoms with Crippen LogP contribution in [0.25, 0.3) is 0 Å². The average molecular weight is 898 g/mol. The number of nitrogens with one attached hydrogen (secondary N) is 1. The van der Waals surface area contributed by atoms with Crippen LogP contribution in [0.5, 0.6) is 0 Å². The number of aliphatic hydroxyl groups is 2. The van der Waals surface area contributed by atoms with Crippen molar-refractivity contribution in [1.29, 1.82) is 0 Å². The van der Waals surface area contributed by atoms with Crippen LogP contribution in [0, 0.1) is 0 Å². The van der Waals surface area contributed by atoms with Gasteiger partial charge in [0.05, 0.1) is 25.2 Å². The molecule has 0 spiro atoms. The number of ether oxygens (including phenoxy) is 1. The molecule has 0 radical (unpaired) electrons. The average Bonchev–Trinajstić information content (AvgIpc) is 3.29. The lowest BCUT2D eigenvalue weighted by atomic mass is 10.0. The lowest BCUT2D eigenvalue weighted by Gasteiger charge is -2.24. The Morgan fingerprint density at radius 1 is 0.453 bits per heavy atom. The van der Waals surface area contributed by atoms with Crippen molar-refractivity contribution in [2.75, 3.05) is 6.61 Å². The van der Waals surface area contributed by atoms with E-state index >= 15 is 0 Å². The third-order valence-corrected chi connectivity index (χ3v) is 12.6. The molecule has 3 N–H and O–H groups in total. The minimum Gasteiger partial charge on any atom is -0.462 e. The number of allylic oxidation sites excluding steroid dienone is 8. The van der Waals surface area contributed by atoms with Gasteiger partial charge in [-0.25, -0.2) is 0 Å². The van der Waals surface area contributed by atoms with Crippen LogP contribution in [0.2, 0.25) is 0 Å². The van der Waals surface area contributed by atoms with Crippen molar-refractivity contribution in [3.8, 4) is 0 Å². The van der Waals surface area contributed by atoms with Crippen LogP contribution in [0.4, 0.5) is 0 Å². The molecule has 0 heterocycles. The van der Waals surface area contributed by atoms with Gasteiger partial charge in [-0.05, 0) is 83.5 Å². The molecule has 0 rings (SSSR count). The Balaban J connectivity index is 4.55. The van der Waals surface area contributed by atoms with E-state index in [2.05, 4.69) is 74.7 Å². The highest BCUT2D eigenvalue weighted by atomic mass is 16.5. The zero-order valence-corrected chi connectivity index (χ0v) is 42.7. The SMILES string of the molecule is CCCC/C=C\CCCCCCCC(=O)OC(CCCCCC/C=C\C/C=C\C/C=C\CCCCC)CC(=O)NC(CO)C(O)CCCCCCCCCCCCCCCCCCC. The van der Waals surface area contributed by atoms with Crippen LogP contribution < -0.4 is 5.32 Å². The lowest BCUT2D eigenvalue weighted by Crippen LogP contribution is -2.46. The smallest absolute Gasteiger partial charge is 0.306 e. The van der Waals surface area contributed by atoms with Gasteiger partial charge in [0.15, 0.2) is 0 Å². The van der Waals surface area contributed by atoms with Gasteiger partial charge in [0, 0.05) is 6.42 Å². The zero-order chi connectivity index (χ0) is 46.7. The summed E-state index contributed by atoms with van der Waals surface area (Å²) in [4.78, 5) is 26.2. The summed E-state index contributed by atoms with van der Waals surface area (Å²) in [5.41, 5.74) is 0. The Morgan fingerprint density at radius 2 is 0.812 bits per heavy atom. The largest absolute Gasteiger partial charge is 0.462 e. The summed E-state index contributed by atoms with van der Waals surface area (Å²) in [6.45, 7) is 6.43. The molecule has 3 atom stereocenters. The maximum absolute atomic E-state index is 13.2. The molecule has 0 aromatic heterocycles. The number of hydrogen-bond donors (Lipinski definition) is 3. The predicted molar refractivity (Wildman–Crippen MR) is 278 cm³/mol. The monoisotopic (exact) mass is 898 g/mol. The Hall–Kier alpha value is -2.18.